The maximum atomic E-state index is 11.9. The smallest absolute Gasteiger partial charge is 0.267 e. The van der Waals surface area contributed by atoms with E-state index in [1.807, 2.05) is 54.6 Å². The first-order valence-corrected chi connectivity index (χ1v) is 21.1. The van der Waals surface area contributed by atoms with Crippen LogP contribution in [0.1, 0.15) is 50.7 Å². The van der Waals surface area contributed by atoms with Gasteiger partial charge in [-0.2, -0.15) is 21.4 Å². The number of hydrogen-bond donors (Lipinski definition) is 0. The van der Waals surface area contributed by atoms with Crippen molar-refractivity contribution in [3.8, 4) is 0 Å². The van der Waals surface area contributed by atoms with E-state index in [2.05, 4.69) is 106 Å². The van der Waals surface area contributed by atoms with Crippen LogP contribution < -0.4 is 4.90 Å². The highest BCUT2D eigenvalue weighted by atomic mass is 32.2. The first-order valence-electron chi connectivity index (χ1n) is 18.0. The third-order valence-corrected chi connectivity index (χ3v) is 11.9. The maximum Gasteiger partial charge on any atom is 0.267 e. The van der Waals surface area contributed by atoms with Crippen molar-refractivity contribution >= 4 is 58.9 Å². The van der Waals surface area contributed by atoms with Crippen molar-refractivity contribution in [3.63, 3.8) is 0 Å². The zero-order valence-corrected chi connectivity index (χ0v) is 33.4. The number of benzene rings is 4. The number of nitrogens with zero attached hydrogens (tertiary/aromatic N) is 2. The van der Waals surface area contributed by atoms with Crippen LogP contribution in [0.15, 0.2) is 121 Å². The summed E-state index contributed by atoms with van der Waals surface area (Å²) in [5.41, 5.74) is 6.63. The molecule has 0 unspecified atom stereocenters. The van der Waals surface area contributed by atoms with E-state index >= 15 is 0 Å². The highest BCUT2D eigenvalue weighted by Gasteiger charge is 2.20. The first-order chi connectivity index (χ1) is 25.4. The minimum Gasteiger partial charge on any atom is -0.345 e. The van der Waals surface area contributed by atoms with Gasteiger partial charge in [-0.1, -0.05) is 97.1 Å². The lowest BCUT2D eigenvalue weighted by atomic mass is 10.0. The molecule has 282 valence electrons. The lowest BCUT2D eigenvalue weighted by Crippen LogP contribution is -2.24. The molecule has 0 N–H and O–H groups in total. The van der Waals surface area contributed by atoms with Crippen LogP contribution in [0.3, 0.4) is 0 Å². The molecule has 4 aromatic carbocycles. The zero-order valence-electron chi connectivity index (χ0n) is 31.8. The Kier molecular flexibility index (Phi) is 15.3. The van der Waals surface area contributed by atoms with Crippen molar-refractivity contribution in [2.45, 2.75) is 53.4 Å². The molecule has 4 rings (SSSR count). The molecule has 0 bridgehead atoms. The monoisotopic (exact) mass is 757 g/mol. The average molecular weight is 758 g/mol. The SMILES string of the molecule is COS(=O)(=O)CCCCN(/C(C)=C/C=C/C=C/C=C/C(C)=[N+](CCCCS(=O)(=O)OC)c1c(C)ccc2ccccc12)c1c(C)ccc2ccccc12. The molecule has 0 saturated heterocycles. The highest BCUT2D eigenvalue weighted by molar-refractivity contribution is 7.86. The number of unbranched alkanes of at least 4 members (excludes halogenated alkanes) is 2. The van der Waals surface area contributed by atoms with Gasteiger partial charge in [0.25, 0.3) is 20.2 Å². The molecule has 0 aliphatic heterocycles. The maximum absolute atomic E-state index is 11.9. The molecule has 0 heterocycles. The molecule has 0 aliphatic carbocycles. The Morgan fingerprint density at radius 2 is 1.21 bits per heavy atom. The van der Waals surface area contributed by atoms with E-state index in [4.69, 9.17) is 0 Å². The molecule has 8 nitrogen and oxygen atoms in total. The van der Waals surface area contributed by atoms with Crippen LogP contribution >= 0.6 is 0 Å². The van der Waals surface area contributed by atoms with Crippen molar-refractivity contribution in [1.29, 1.82) is 0 Å². The largest absolute Gasteiger partial charge is 0.345 e. The fourth-order valence-electron chi connectivity index (χ4n) is 6.40. The minimum atomic E-state index is -3.50. The Hall–Kier alpha value is -4.35. The highest BCUT2D eigenvalue weighted by Crippen LogP contribution is 2.33. The molecule has 0 aromatic heterocycles. The Balaban J connectivity index is 1.55. The normalized spacial score (nSPS) is 13.6. The van der Waals surface area contributed by atoms with E-state index in [0.29, 0.717) is 38.8 Å². The molecule has 4 aromatic rings. The van der Waals surface area contributed by atoms with Gasteiger partial charge in [-0.25, -0.2) is 0 Å². The Morgan fingerprint density at radius 1 is 0.660 bits per heavy atom. The molecular weight excluding hydrogens is 705 g/mol. The molecule has 10 heteroatoms. The molecular formula is C43H53N2O6S2+. The summed E-state index contributed by atoms with van der Waals surface area (Å²) in [5.74, 6) is -0.0243. The number of fused-ring (bicyclic) bond motifs is 2. The number of allylic oxidation sites excluding steroid dienone is 8. The quantitative estimate of drug-likeness (QED) is 0.0310. The summed E-state index contributed by atoms with van der Waals surface area (Å²) in [6, 6.07) is 25.2. The molecule has 0 spiro atoms. The van der Waals surface area contributed by atoms with Gasteiger partial charge in [-0.3, -0.25) is 8.37 Å². The lowest BCUT2D eigenvalue weighted by molar-refractivity contribution is -0.439. The summed E-state index contributed by atoms with van der Waals surface area (Å²) in [5, 5.41) is 4.60. The molecule has 53 heavy (non-hydrogen) atoms. The minimum absolute atomic E-state index is 0.0121. The Labute approximate surface area is 316 Å². The van der Waals surface area contributed by atoms with Crippen LogP contribution in [-0.4, -0.2) is 65.9 Å². The predicted octanol–water partition coefficient (Wildman–Crippen LogP) is 9.31. The van der Waals surface area contributed by atoms with Gasteiger partial charge in [-0.15, -0.1) is 0 Å². The van der Waals surface area contributed by atoms with Gasteiger partial charge in [0, 0.05) is 42.6 Å². The molecule has 0 fully saturated rings. The van der Waals surface area contributed by atoms with Gasteiger partial charge in [0.2, 0.25) is 5.69 Å². The van der Waals surface area contributed by atoms with Gasteiger partial charge < -0.3 is 4.90 Å². The van der Waals surface area contributed by atoms with Gasteiger partial charge in [0.05, 0.1) is 36.8 Å². The summed E-state index contributed by atoms with van der Waals surface area (Å²) >= 11 is 0. The summed E-state index contributed by atoms with van der Waals surface area (Å²) in [4.78, 5) is 2.28. The molecule has 0 amide bonds. The van der Waals surface area contributed by atoms with Gasteiger partial charge >= 0.3 is 0 Å². The van der Waals surface area contributed by atoms with E-state index < -0.39 is 20.2 Å². The standard InChI is InChI=1S/C43H53N2O6S2/c1-34-26-28-38-22-12-14-24-40(38)42(34)44(30-16-18-32-52(46,47)50-5)36(3)20-10-8-7-9-11-21-37(4)45(31-17-19-33-53(48,49)51-6)43-35(2)27-29-39-23-13-15-25-41(39)43/h7-15,20-29H,16-19,30-33H2,1-6H3/q+1. The van der Waals surface area contributed by atoms with Gasteiger partial charge in [0.1, 0.15) is 6.54 Å². The molecule has 0 aliphatic rings. The molecule has 0 radical (unpaired) electrons. The number of anilines is 1. The first kappa shape index (κ1) is 41.4. The number of aryl methyl sites for hydroxylation is 2. The Morgan fingerprint density at radius 3 is 1.87 bits per heavy atom. The second-order valence-corrected chi connectivity index (χ2v) is 16.8. The number of rotatable bonds is 19. The van der Waals surface area contributed by atoms with E-state index in [1.54, 1.807) is 0 Å². The number of hydrogen-bond acceptors (Lipinski definition) is 7. The average Bonchev–Trinajstić information content (AvgIpc) is 3.15. The van der Waals surface area contributed by atoms with Crippen molar-refractivity contribution in [2.24, 2.45) is 0 Å². The third kappa shape index (κ3) is 11.8. The molecule has 0 saturated carbocycles. The summed E-state index contributed by atoms with van der Waals surface area (Å²) in [7, 11) is -4.60. The fraction of sp³-hybridized carbons (Fsp3) is 0.326. The van der Waals surface area contributed by atoms with Crippen molar-refractivity contribution in [1.82, 2.24) is 0 Å². The van der Waals surface area contributed by atoms with Crippen LogP contribution in [0.25, 0.3) is 21.5 Å². The van der Waals surface area contributed by atoms with E-state index in [0.717, 1.165) is 55.5 Å². The predicted molar refractivity (Wildman–Crippen MR) is 221 cm³/mol. The second kappa shape index (κ2) is 19.6. The van der Waals surface area contributed by atoms with E-state index in [9.17, 15) is 16.8 Å². The van der Waals surface area contributed by atoms with E-state index in [1.165, 1.54) is 14.2 Å². The van der Waals surface area contributed by atoms with E-state index in [-0.39, 0.29) is 11.5 Å². The topological polar surface area (TPSA) is 93.0 Å². The zero-order chi connectivity index (χ0) is 38.4. The van der Waals surface area contributed by atoms with Crippen LogP contribution in [0, 0.1) is 13.8 Å². The third-order valence-electron chi connectivity index (χ3n) is 9.28. The van der Waals surface area contributed by atoms with Crippen molar-refractivity contribution in [3.05, 3.63) is 132 Å². The summed E-state index contributed by atoms with van der Waals surface area (Å²) in [6.07, 6.45) is 16.5. The van der Waals surface area contributed by atoms with Crippen LogP contribution in [0.2, 0.25) is 0 Å². The Bertz CT molecular complexity index is 2250. The molecule has 0 atom stereocenters. The van der Waals surface area contributed by atoms with Gasteiger partial charge in [-0.05, 0) is 68.5 Å². The summed E-state index contributed by atoms with van der Waals surface area (Å²) < 4.78 is 59.3. The van der Waals surface area contributed by atoms with Gasteiger partial charge in [0.15, 0.2) is 5.71 Å². The van der Waals surface area contributed by atoms with Crippen LogP contribution in [-0.2, 0) is 28.6 Å². The van der Waals surface area contributed by atoms with Crippen molar-refractivity contribution in [2.75, 3.05) is 43.7 Å². The second-order valence-electron chi connectivity index (χ2n) is 13.1. The van der Waals surface area contributed by atoms with Crippen molar-refractivity contribution < 1.29 is 29.8 Å². The summed E-state index contributed by atoms with van der Waals surface area (Å²) in [6.45, 7) is 9.69. The van der Waals surface area contributed by atoms with Crippen LogP contribution in [0.5, 0.6) is 0 Å². The lowest BCUT2D eigenvalue weighted by Gasteiger charge is -2.29. The fourth-order valence-corrected chi connectivity index (χ4v) is 7.85. The van der Waals surface area contributed by atoms with Crippen LogP contribution in [0.4, 0.5) is 11.4 Å².